The minimum absolute atomic E-state index is 0.00973. The summed E-state index contributed by atoms with van der Waals surface area (Å²) in [7, 11) is 3.57. The zero-order valence-electron chi connectivity index (χ0n) is 16.9. The van der Waals surface area contributed by atoms with Crippen LogP contribution in [0.4, 0.5) is 0 Å². The molecule has 1 aromatic rings. The second-order valence-electron chi connectivity index (χ2n) is 7.46. The fourth-order valence-electron chi connectivity index (χ4n) is 2.87. The van der Waals surface area contributed by atoms with Crippen molar-refractivity contribution in [3.63, 3.8) is 0 Å². The molecule has 1 N–H and O–H groups in total. The topological polar surface area (TPSA) is 74.7 Å². The highest BCUT2D eigenvalue weighted by molar-refractivity contribution is 5.96. The van der Waals surface area contributed by atoms with E-state index in [4.69, 9.17) is 5.11 Å². The van der Waals surface area contributed by atoms with Crippen LogP contribution in [0.15, 0.2) is 24.3 Å². The lowest BCUT2D eigenvalue weighted by Gasteiger charge is -2.09. The maximum atomic E-state index is 12.3. The first-order chi connectivity index (χ1) is 12.8. The number of rotatable bonds is 13. The monoisotopic (exact) mass is 375 g/mol. The number of amides is 1. The molecule has 5 heteroatoms. The number of aliphatic carboxylic acids is 1. The summed E-state index contributed by atoms with van der Waals surface area (Å²) in [6.07, 6.45) is 7.50. The molecule has 1 amide bonds. The van der Waals surface area contributed by atoms with Crippen LogP contribution in [0.5, 0.6) is 0 Å². The number of unbranched alkanes of at least 4 members (excludes halogenated alkanes) is 4. The standard InChI is InChI=1S/C22H33NO4/c1-17(22(26)27)14-15-20(24)19-12-9-11-18(16-19)10-7-5-4-6-8-13-21(25)23(2)3/h9,11-12,16-17H,4-8,10,13-15H2,1-3H3,(H,26,27)/t17-/m0/s1. The van der Waals surface area contributed by atoms with Crippen molar-refractivity contribution in [2.45, 2.75) is 64.7 Å². The van der Waals surface area contributed by atoms with E-state index in [0.717, 1.165) is 44.1 Å². The van der Waals surface area contributed by atoms with Crippen LogP contribution in [-0.2, 0) is 16.0 Å². The predicted molar refractivity (Wildman–Crippen MR) is 107 cm³/mol. The van der Waals surface area contributed by atoms with Crippen molar-refractivity contribution in [1.29, 1.82) is 0 Å². The number of aryl methyl sites for hydroxylation is 1. The van der Waals surface area contributed by atoms with Gasteiger partial charge in [0.05, 0.1) is 5.92 Å². The molecule has 1 rings (SSSR count). The molecule has 0 aliphatic carbocycles. The lowest BCUT2D eigenvalue weighted by molar-refractivity contribution is -0.141. The van der Waals surface area contributed by atoms with Gasteiger partial charge in [-0.15, -0.1) is 0 Å². The minimum Gasteiger partial charge on any atom is -0.481 e. The molecule has 0 heterocycles. The van der Waals surface area contributed by atoms with Gasteiger partial charge in [-0.1, -0.05) is 44.4 Å². The SMILES string of the molecule is C[C@@H](CCC(=O)c1cccc(CCCCCCCC(=O)N(C)C)c1)C(=O)O. The van der Waals surface area contributed by atoms with Gasteiger partial charge >= 0.3 is 5.97 Å². The molecule has 0 aliphatic heterocycles. The van der Waals surface area contributed by atoms with Crippen molar-refractivity contribution >= 4 is 17.7 Å². The van der Waals surface area contributed by atoms with Gasteiger partial charge in [-0.2, -0.15) is 0 Å². The molecule has 0 saturated carbocycles. The molecule has 1 atom stereocenters. The van der Waals surface area contributed by atoms with Crippen molar-refractivity contribution in [3.8, 4) is 0 Å². The Hall–Kier alpha value is -2.17. The number of carboxylic acid groups (broad SMARTS) is 1. The summed E-state index contributed by atoms with van der Waals surface area (Å²) in [5.74, 6) is -1.16. The van der Waals surface area contributed by atoms with E-state index < -0.39 is 11.9 Å². The molecule has 0 unspecified atom stereocenters. The minimum atomic E-state index is -0.859. The Balaban J connectivity index is 2.29. The summed E-state index contributed by atoms with van der Waals surface area (Å²) in [6.45, 7) is 1.63. The third kappa shape index (κ3) is 9.36. The van der Waals surface area contributed by atoms with E-state index in [-0.39, 0.29) is 18.1 Å². The average molecular weight is 376 g/mol. The molecular weight excluding hydrogens is 342 g/mol. The highest BCUT2D eigenvalue weighted by Gasteiger charge is 2.14. The van der Waals surface area contributed by atoms with E-state index in [9.17, 15) is 14.4 Å². The summed E-state index contributed by atoms with van der Waals surface area (Å²) in [6, 6.07) is 7.67. The number of ketones is 1. The molecule has 0 radical (unpaired) electrons. The number of hydrogen-bond donors (Lipinski definition) is 1. The molecule has 27 heavy (non-hydrogen) atoms. The third-order valence-corrected chi connectivity index (χ3v) is 4.83. The van der Waals surface area contributed by atoms with Crippen LogP contribution in [0, 0.1) is 5.92 Å². The maximum absolute atomic E-state index is 12.3. The number of carbonyl (C=O) groups is 3. The van der Waals surface area contributed by atoms with Gasteiger partial charge in [-0.05, 0) is 37.3 Å². The molecule has 0 aliphatic rings. The van der Waals surface area contributed by atoms with E-state index >= 15 is 0 Å². The van der Waals surface area contributed by atoms with E-state index in [1.807, 2.05) is 18.2 Å². The lowest BCUT2D eigenvalue weighted by Crippen LogP contribution is -2.20. The molecular formula is C22H33NO4. The molecule has 5 nitrogen and oxygen atoms in total. The number of Topliss-reactive ketones (excluding diaryl/α,β-unsaturated/α-hetero) is 1. The van der Waals surface area contributed by atoms with Crippen LogP contribution >= 0.6 is 0 Å². The molecule has 0 fully saturated rings. The molecule has 0 spiro atoms. The fraction of sp³-hybridized carbons (Fsp3) is 0.591. The van der Waals surface area contributed by atoms with E-state index in [1.54, 1.807) is 32.0 Å². The smallest absolute Gasteiger partial charge is 0.306 e. The number of carbonyl (C=O) groups excluding carboxylic acids is 2. The van der Waals surface area contributed by atoms with E-state index in [2.05, 4.69) is 0 Å². The number of nitrogens with zero attached hydrogens (tertiary/aromatic N) is 1. The molecule has 150 valence electrons. The van der Waals surface area contributed by atoms with Gasteiger partial charge in [0.25, 0.3) is 0 Å². The Bertz CT molecular complexity index is 624. The Morgan fingerprint density at radius 1 is 1.00 bits per heavy atom. The van der Waals surface area contributed by atoms with Crippen LogP contribution in [0.25, 0.3) is 0 Å². The summed E-state index contributed by atoms with van der Waals surface area (Å²) < 4.78 is 0. The predicted octanol–water partition coefficient (Wildman–Crippen LogP) is 4.34. The molecule has 1 aromatic carbocycles. The maximum Gasteiger partial charge on any atom is 0.306 e. The summed E-state index contributed by atoms with van der Waals surface area (Å²) in [4.78, 5) is 36.2. The first kappa shape index (κ1) is 22.9. The Labute approximate surface area is 162 Å². The van der Waals surface area contributed by atoms with Crippen molar-refractivity contribution < 1.29 is 19.5 Å². The Kier molecular flexibility index (Phi) is 10.4. The molecule has 0 aromatic heterocycles. The third-order valence-electron chi connectivity index (χ3n) is 4.83. The normalized spacial score (nSPS) is 11.8. The van der Waals surface area contributed by atoms with E-state index in [0.29, 0.717) is 18.4 Å². The van der Waals surface area contributed by atoms with Gasteiger partial charge < -0.3 is 10.0 Å². The van der Waals surface area contributed by atoms with Gasteiger partial charge in [0.2, 0.25) is 5.91 Å². The van der Waals surface area contributed by atoms with Crippen molar-refractivity contribution in [1.82, 2.24) is 4.90 Å². The first-order valence-corrected chi connectivity index (χ1v) is 9.86. The zero-order valence-corrected chi connectivity index (χ0v) is 16.9. The van der Waals surface area contributed by atoms with Crippen molar-refractivity contribution in [2.24, 2.45) is 5.92 Å². The van der Waals surface area contributed by atoms with Crippen LogP contribution in [0.3, 0.4) is 0 Å². The quantitative estimate of drug-likeness (QED) is 0.411. The summed E-state index contributed by atoms with van der Waals surface area (Å²) in [5.41, 5.74) is 1.82. The van der Waals surface area contributed by atoms with Gasteiger partial charge in [-0.25, -0.2) is 0 Å². The zero-order chi connectivity index (χ0) is 20.2. The van der Waals surface area contributed by atoms with Crippen molar-refractivity contribution in [3.05, 3.63) is 35.4 Å². The average Bonchev–Trinajstić information content (AvgIpc) is 2.64. The van der Waals surface area contributed by atoms with Gasteiger partial charge in [-0.3, -0.25) is 14.4 Å². The molecule has 0 bridgehead atoms. The molecule has 0 saturated heterocycles. The lowest BCUT2D eigenvalue weighted by atomic mass is 9.97. The summed E-state index contributed by atoms with van der Waals surface area (Å²) in [5, 5.41) is 8.91. The van der Waals surface area contributed by atoms with Gasteiger partial charge in [0, 0.05) is 32.5 Å². The Morgan fingerprint density at radius 3 is 2.33 bits per heavy atom. The number of carboxylic acids is 1. The number of benzene rings is 1. The van der Waals surface area contributed by atoms with Crippen LogP contribution in [-0.4, -0.2) is 41.8 Å². The first-order valence-electron chi connectivity index (χ1n) is 9.86. The highest BCUT2D eigenvalue weighted by atomic mass is 16.4. The van der Waals surface area contributed by atoms with E-state index in [1.165, 1.54) is 0 Å². The van der Waals surface area contributed by atoms with Crippen LogP contribution in [0.1, 0.15) is 74.2 Å². The highest BCUT2D eigenvalue weighted by Crippen LogP contribution is 2.15. The summed E-state index contributed by atoms with van der Waals surface area (Å²) >= 11 is 0. The van der Waals surface area contributed by atoms with Crippen molar-refractivity contribution in [2.75, 3.05) is 14.1 Å². The second-order valence-corrected chi connectivity index (χ2v) is 7.46. The Morgan fingerprint density at radius 2 is 1.67 bits per heavy atom. The fourth-order valence-corrected chi connectivity index (χ4v) is 2.87. The largest absolute Gasteiger partial charge is 0.481 e. The number of hydrogen-bond acceptors (Lipinski definition) is 3. The van der Waals surface area contributed by atoms with Crippen LogP contribution < -0.4 is 0 Å². The van der Waals surface area contributed by atoms with Crippen LogP contribution in [0.2, 0.25) is 0 Å². The van der Waals surface area contributed by atoms with Gasteiger partial charge in [0.1, 0.15) is 0 Å². The van der Waals surface area contributed by atoms with Gasteiger partial charge in [0.15, 0.2) is 5.78 Å². The second kappa shape index (κ2) is 12.3.